The first-order chi connectivity index (χ1) is 8.65. The molecule has 2 rings (SSSR count). The molecule has 0 bridgehead atoms. The van der Waals surface area contributed by atoms with Gasteiger partial charge in [-0.15, -0.1) is 0 Å². The van der Waals surface area contributed by atoms with Gasteiger partial charge in [-0.2, -0.15) is 0 Å². The maximum atomic E-state index is 12.0. The Kier molecular flexibility index (Phi) is 4.78. The van der Waals surface area contributed by atoms with Crippen molar-refractivity contribution in [1.29, 1.82) is 0 Å². The molecule has 0 spiro atoms. The zero-order chi connectivity index (χ0) is 13.0. The molecule has 0 N–H and O–H groups in total. The second-order valence-corrected chi connectivity index (χ2v) is 5.63. The molecule has 1 fully saturated rings. The zero-order valence-electron chi connectivity index (χ0n) is 10.6. The molecule has 18 heavy (non-hydrogen) atoms. The number of hydrogen-bond donors (Lipinski definition) is 0. The molecule has 1 unspecified atom stereocenters. The summed E-state index contributed by atoms with van der Waals surface area (Å²) in [5, 5.41) is 0. The Bertz CT molecular complexity index is 399. The van der Waals surface area contributed by atoms with Crippen molar-refractivity contribution >= 4 is 21.8 Å². The van der Waals surface area contributed by atoms with E-state index < -0.39 is 0 Å². The maximum Gasteiger partial charge on any atom is 0.225 e. The van der Waals surface area contributed by atoms with Crippen LogP contribution < -0.4 is 0 Å². The third kappa shape index (κ3) is 3.82. The van der Waals surface area contributed by atoms with Crippen LogP contribution in [0.5, 0.6) is 0 Å². The summed E-state index contributed by atoms with van der Waals surface area (Å²) < 4.78 is 6.54. The first kappa shape index (κ1) is 13.6. The quantitative estimate of drug-likeness (QED) is 0.855. The molecule has 1 heterocycles. The zero-order valence-corrected chi connectivity index (χ0v) is 12.1. The summed E-state index contributed by atoms with van der Waals surface area (Å²) in [7, 11) is 1.85. The van der Waals surface area contributed by atoms with Crippen molar-refractivity contribution in [1.82, 2.24) is 4.90 Å². The average molecular weight is 312 g/mol. The maximum absolute atomic E-state index is 12.0. The highest BCUT2D eigenvalue weighted by Crippen LogP contribution is 2.17. The van der Waals surface area contributed by atoms with Crippen LogP contribution >= 0.6 is 15.9 Å². The Hall–Kier alpha value is -0.870. The fourth-order valence-electron chi connectivity index (χ4n) is 2.11. The molecule has 0 radical (unpaired) electrons. The minimum Gasteiger partial charge on any atom is -0.378 e. The molecule has 0 aliphatic carbocycles. The van der Waals surface area contributed by atoms with E-state index in [1.165, 1.54) is 0 Å². The smallest absolute Gasteiger partial charge is 0.225 e. The lowest BCUT2D eigenvalue weighted by molar-refractivity contribution is -0.132. The van der Waals surface area contributed by atoms with Gasteiger partial charge in [0.05, 0.1) is 12.5 Å². The minimum atomic E-state index is 0.130. The van der Waals surface area contributed by atoms with Gasteiger partial charge in [0, 0.05) is 24.7 Å². The highest BCUT2D eigenvalue weighted by Gasteiger charge is 2.21. The summed E-state index contributed by atoms with van der Waals surface area (Å²) in [6.45, 7) is 1.45. The molecule has 1 aromatic carbocycles. The van der Waals surface area contributed by atoms with E-state index >= 15 is 0 Å². The summed E-state index contributed by atoms with van der Waals surface area (Å²) in [4.78, 5) is 13.8. The number of rotatable bonds is 4. The second-order valence-electron chi connectivity index (χ2n) is 4.72. The third-order valence-corrected chi connectivity index (χ3v) is 3.71. The van der Waals surface area contributed by atoms with E-state index in [0.717, 1.165) is 29.5 Å². The van der Waals surface area contributed by atoms with Gasteiger partial charge >= 0.3 is 0 Å². The predicted molar refractivity (Wildman–Crippen MR) is 74.2 cm³/mol. The van der Waals surface area contributed by atoms with Crippen LogP contribution in [-0.4, -0.2) is 30.6 Å². The number of ether oxygens (including phenoxy) is 1. The molecule has 1 aliphatic heterocycles. The normalized spacial score (nSPS) is 18.9. The lowest BCUT2D eigenvalue weighted by atomic mass is 10.1. The number of carbonyl (C=O) groups excluding carboxylic acids is 1. The van der Waals surface area contributed by atoms with Gasteiger partial charge in [-0.05, 0) is 30.5 Å². The molecular formula is C14H18BrNO2. The van der Waals surface area contributed by atoms with Crippen LogP contribution in [0, 0.1) is 0 Å². The Morgan fingerprint density at radius 3 is 2.78 bits per heavy atom. The van der Waals surface area contributed by atoms with Crippen LogP contribution in [0.15, 0.2) is 28.7 Å². The highest BCUT2D eigenvalue weighted by molar-refractivity contribution is 9.10. The molecule has 0 aromatic heterocycles. The number of hydrogen-bond acceptors (Lipinski definition) is 2. The summed E-state index contributed by atoms with van der Waals surface area (Å²) in [5.41, 5.74) is 1.14. The molecule has 1 aromatic rings. The Morgan fingerprint density at radius 1 is 1.44 bits per heavy atom. The van der Waals surface area contributed by atoms with Crippen molar-refractivity contribution in [3.05, 3.63) is 34.3 Å². The van der Waals surface area contributed by atoms with Crippen molar-refractivity contribution in [3.8, 4) is 0 Å². The minimum absolute atomic E-state index is 0.130. The van der Waals surface area contributed by atoms with E-state index in [9.17, 15) is 4.79 Å². The van der Waals surface area contributed by atoms with Crippen molar-refractivity contribution in [2.24, 2.45) is 0 Å². The third-order valence-electron chi connectivity index (χ3n) is 3.19. The fraction of sp³-hybridized carbons (Fsp3) is 0.500. The highest BCUT2D eigenvalue weighted by atomic mass is 79.9. The van der Waals surface area contributed by atoms with E-state index in [2.05, 4.69) is 15.9 Å². The summed E-state index contributed by atoms with van der Waals surface area (Å²) >= 11 is 3.40. The Labute approximate surface area is 116 Å². The molecule has 4 heteroatoms. The largest absolute Gasteiger partial charge is 0.378 e. The first-order valence-electron chi connectivity index (χ1n) is 6.25. The van der Waals surface area contributed by atoms with Gasteiger partial charge in [0.1, 0.15) is 0 Å². The van der Waals surface area contributed by atoms with Gasteiger partial charge in [0.15, 0.2) is 0 Å². The van der Waals surface area contributed by atoms with E-state index in [-0.39, 0.29) is 12.0 Å². The summed E-state index contributed by atoms with van der Waals surface area (Å²) in [5.74, 6) is 0.157. The molecule has 1 amide bonds. The SMILES string of the molecule is CN(Cc1ccc(Br)cc1)C(=O)CC1CCCO1. The number of halogens is 1. The van der Waals surface area contributed by atoms with Gasteiger partial charge in [-0.25, -0.2) is 0 Å². The number of nitrogens with zero attached hydrogens (tertiary/aromatic N) is 1. The molecule has 1 atom stereocenters. The number of benzene rings is 1. The van der Waals surface area contributed by atoms with Crippen LogP contribution in [0.1, 0.15) is 24.8 Å². The number of carbonyl (C=O) groups is 1. The summed E-state index contributed by atoms with van der Waals surface area (Å²) in [6, 6.07) is 8.04. The first-order valence-corrected chi connectivity index (χ1v) is 7.04. The lowest BCUT2D eigenvalue weighted by Crippen LogP contribution is -2.29. The Balaban J connectivity index is 1.84. The van der Waals surface area contributed by atoms with E-state index in [4.69, 9.17) is 4.74 Å². The van der Waals surface area contributed by atoms with Crippen LogP contribution in [0.4, 0.5) is 0 Å². The van der Waals surface area contributed by atoms with Crippen molar-refractivity contribution < 1.29 is 9.53 Å². The lowest BCUT2D eigenvalue weighted by Gasteiger charge is -2.19. The van der Waals surface area contributed by atoms with Gasteiger partial charge in [-0.1, -0.05) is 28.1 Å². The topological polar surface area (TPSA) is 29.5 Å². The fourth-order valence-corrected chi connectivity index (χ4v) is 2.37. The molecule has 1 saturated heterocycles. The van der Waals surface area contributed by atoms with Gasteiger partial charge in [-0.3, -0.25) is 4.79 Å². The monoisotopic (exact) mass is 311 g/mol. The molecular weight excluding hydrogens is 294 g/mol. The van der Waals surface area contributed by atoms with Crippen molar-refractivity contribution in [2.75, 3.05) is 13.7 Å². The van der Waals surface area contributed by atoms with E-state index in [0.29, 0.717) is 13.0 Å². The average Bonchev–Trinajstić information content (AvgIpc) is 2.85. The number of amides is 1. The van der Waals surface area contributed by atoms with Gasteiger partial charge < -0.3 is 9.64 Å². The molecule has 1 aliphatic rings. The Morgan fingerprint density at radius 2 is 2.17 bits per heavy atom. The molecule has 3 nitrogen and oxygen atoms in total. The van der Waals surface area contributed by atoms with E-state index in [1.807, 2.05) is 31.3 Å². The van der Waals surface area contributed by atoms with Crippen LogP contribution in [-0.2, 0) is 16.1 Å². The molecule has 98 valence electrons. The van der Waals surface area contributed by atoms with Crippen LogP contribution in [0.3, 0.4) is 0 Å². The summed E-state index contributed by atoms with van der Waals surface area (Å²) in [6.07, 6.45) is 2.73. The molecule has 0 saturated carbocycles. The van der Waals surface area contributed by atoms with Crippen LogP contribution in [0.2, 0.25) is 0 Å². The van der Waals surface area contributed by atoms with Crippen molar-refractivity contribution in [3.63, 3.8) is 0 Å². The van der Waals surface area contributed by atoms with Gasteiger partial charge in [0.25, 0.3) is 0 Å². The second kappa shape index (κ2) is 6.34. The van der Waals surface area contributed by atoms with Crippen LogP contribution in [0.25, 0.3) is 0 Å². The standard InChI is InChI=1S/C14H18BrNO2/c1-16(10-11-4-6-12(15)7-5-11)14(17)9-13-3-2-8-18-13/h4-7,13H,2-3,8-10H2,1H3. The predicted octanol–water partition coefficient (Wildman–Crippen LogP) is 2.98. The van der Waals surface area contributed by atoms with Crippen molar-refractivity contribution in [2.45, 2.75) is 31.9 Å². The van der Waals surface area contributed by atoms with Gasteiger partial charge in [0.2, 0.25) is 5.91 Å². The van der Waals surface area contributed by atoms with E-state index in [1.54, 1.807) is 4.90 Å².